The minimum absolute atomic E-state index is 0.0100. The Morgan fingerprint density at radius 3 is 2.40 bits per heavy atom. The minimum Gasteiger partial charge on any atom is -0.273 e. The maximum Gasteiger partial charge on any atom is 0.261 e. The van der Waals surface area contributed by atoms with E-state index in [2.05, 4.69) is 0 Å². The summed E-state index contributed by atoms with van der Waals surface area (Å²) in [5.74, 6) is -1.52. The van der Waals surface area contributed by atoms with Crippen molar-refractivity contribution in [3.8, 4) is 0 Å². The Morgan fingerprint density at radius 2 is 1.95 bits per heavy atom. The van der Waals surface area contributed by atoms with Crippen molar-refractivity contribution in [1.82, 2.24) is 0 Å². The van der Waals surface area contributed by atoms with Gasteiger partial charge in [-0.2, -0.15) is 0 Å². The van der Waals surface area contributed by atoms with Crippen molar-refractivity contribution in [2.24, 2.45) is 5.92 Å². The van der Waals surface area contributed by atoms with Crippen molar-refractivity contribution in [2.75, 3.05) is 10.1 Å². The molecule has 1 heterocycles. The highest BCUT2D eigenvalue weighted by Crippen LogP contribution is 2.31. The summed E-state index contributed by atoms with van der Waals surface area (Å²) in [4.78, 5) is 11.7. The van der Waals surface area contributed by atoms with E-state index in [4.69, 9.17) is 10.7 Å². The van der Waals surface area contributed by atoms with Crippen molar-refractivity contribution in [1.29, 1.82) is 0 Å². The molecule has 6 nitrogen and oxygen atoms in total. The number of sulfonamides is 1. The Labute approximate surface area is 121 Å². The number of benzene rings is 1. The lowest BCUT2D eigenvalue weighted by Gasteiger charge is -2.16. The molecule has 0 spiro atoms. The maximum atomic E-state index is 12.0. The van der Waals surface area contributed by atoms with Crippen LogP contribution in [0.2, 0.25) is 0 Å². The van der Waals surface area contributed by atoms with E-state index in [9.17, 15) is 21.6 Å². The number of halogens is 1. The first-order chi connectivity index (χ1) is 9.04. The molecule has 1 unspecified atom stereocenters. The number of carbonyl (C=O) groups is 1. The van der Waals surface area contributed by atoms with E-state index < -0.39 is 30.9 Å². The molecule has 0 N–H and O–H groups in total. The van der Waals surface area contributed by atoms with Crippen LogP contribution in [0.5, 0.6) is 0 Å². The zero-order chi connectivity index (χ0) is 15.3. The molecule has 0 aliphatic carbocycles. The lowest BCUT2D eigenvalue weighted by Crippen LogP contribution is -2.30. The molecule has 9 heteroatoms. The minimum atomic E-state index is -4.01. The normalized spacial score (nSPS) is 22.2. The lowest BCUT2D eigenvalue weighted by atomic mass is 10.2. The van der Waals surface area contributed by atoms with Crippen molar-refractivity contribution >= 4 is 41.4 Å². The Morgan fingerprint density at radius 1 is 1.35 bits per heavy atom. The van der Waals surface area contributed by atoms with E-state index in [1.165, 1.54) is 26.0 Å². The quantitative estimate of drug-likeness (QED) is 0.757. The summed E-state index contributed by atoms with van der Waals surface area (Å²) in [6.45, 7) is 3.04. The summed E-state index contributed by atoms with van der Waals surface area (Å²) >= 11 is 0. The number of hydrogen-bond acceptors (Lipinski definition) is 5. The summed E-state index contributed by atoms with van der Waals surface area (Å²) < 4.78 is 47.4. The Balaban J connectivity index is 2.63. The molecule has 2 rings (SSSR count). The molecule has 1 fully saturated rings. The zero-order valence-corrected chi connectivity index (χ0v) is 13.1. The first kappa shape index (κ1) is 15.3. The molecule has 1 amide bonds. The first-order valence-corrected chi connectivity index (χ1v) is 9.58. The fourth-order valence-electron chi connectivity index (χ4n) is 2.06. The van der Waals surface area contributed by atoms with E-state index >= 15 is 0 Å². The molecular weight excluding hydrogens is 326 g/mol. The Hall–Kier alpha value is -1.12. The summed E-state index contributed by atoms with van der Waals surface area (Å²) in [6, 6.07) is 3.90. The van der Waals surface area contributed by atoms with Crippen LogP contribution in [-0.4, -0.2) is 28.5 Å². The van der Waals surface area contributed by atoms with Crippen LogP contribution in [0.1, 0.15) is 12.5 Å². The maximum absolute atomic E-state index is 12.0. The molecule has 0 aromatic heterocycles. The predicted octanol–water partition coefficient (Wildman–Crippen LogP) is 1.24. The molecule has 1 atom stereocenters. The summed E-state index contributed by atoms with van der Waals surface area (Å²) in [5, 5.41) is 0. The van der Waals surface area contributed by atoms with Gasteiger partial charge in [-0.3, -0.25) is 4.79 Å². The van der Waals surface area contributed by atoms with E-state index in [1.807, 2.05) is 0 Å². The third-order valence-corrected chi connectivity index (χ3v) is 6.36. The van der Waals surface area contributed by atoms with Crippen LogP contribution in [-0.2, 0) is 23.9 Å². The summed E-state index contributed by atoms with van der Waals surface area (Å²) in [5.41, 5.74) is 0.366. The van der Waals surface area contributed by atoms with Gasteiger partial charge in [-0.25, -0.2) is 21.1 Å². The first-order valence-electron chi connectivity index (χ1n) is 5.66. The molecule has 0 bridgehead atoms. The van der Waals surface area contributed by atoms with Crippen LogP contribution in [0.25, 0.3) is 0 Å². The molecule has 1 aromatic carbocycles. The largest absolute Gasteiger partial charge is 0.273 e. The van der Waals surface area contributed by atoms with Gasteiger partial charge in [0.1, 0.15) is 0 Å². The molecular formula is C11H12ClNO5S2. The van der Waals surface area contributed by atoms with E-state index in [0.29, 0.717) is 9.87 Å². The number of carbonyl (C=O) groups excluding carboxylic acids is 1. The van der Waals surface area contributed by atoms with Gasteiger partial charge >= 0.3 is 0 Å². The van der Waals surface area contributed by atoms with Crippen LogP contribution in [0, 0.1) is 12.8 Å². The molecule has 0 saturated carbocycles. The van der Waals surface area contributed by atoms with E-state index in [-0.39, 0.29) is 16.3 Å². The third kappa shape index (κ3) is 2.55. The fraction of sp³-hybridized carbons (Fsp3) is 0.364. The molecule has 20 heavy (non-hydrogen) atoms. The molecule has 110 valence electrons. The van der Waals surface area contributed by atoms with Crippen molar-refractivity contribution in [3.63, 3.8) is 0 Å². The summed E-state index contributed by atoms with van der Waals surface area (Å²) in [7, 11) is -2.48. The van der Waals surface area contributed by atoms with Gasteiger partial charge in [-0.05, 0) is 24.6 Å². The van der Waals surface area contributed by atoms with Crippen molar-refractivity contribution < 1.29 is 21.6 Å². The number of amides is 1. The lowest BCUT2D eigenvalue weighted by molar-refractivity contribution is -0.119. The van der Waals surface area contributed by atoms with E-state index in [1.54, 1.807) is 0 Å². The van der Waals surface area contributed by atoms with Gasteiger partial charge < -0.3 is 0 Å². The highest BCUT2D eigenvalue weighted by atomic mass is 35.7. The number of aryl methyl sites for hydroxylation is 1. The number of rotatable bonds is 2. The van der Waals surface area contributed by atoms with Crippen LogP contribution in [0.4, 0.5) is 5.69 Å². The SMILES string of the molecule is Cc1ccc(N2C(=O)C(C)CS2(=O)=O)cc1S(=O)(=O)Cl. The predicted molar refractivity (Wildman–Crippen MR) is 74.7 cm³/mol. The van der Waals surface area contributed by atoms with Gasteiger partial charge in [0, 0.05) is 10.7 Å². The molecule has 0 radical (unpaired) electrons. The smallest absolute Gasteiger partial charge is 0.261 e. The van der Waals surface area contributed by atoms with Crippen LogP contribution in [0.3, 0.4) is 0 Å². The molecule has 1 aliphatic rings. The second-order valence-corrected chi connectivity index (χ2v) is 9.07. The highest BCUT2D eigenvalue weighted by Gasteiger charge is 2.42. The highest BCUT2D eigenvalue weighted by molar-refractivity contribution is 8.13. The van der Waals surface area contributed by atoms with Gasteiger partial charge in [0.15, 0.2) is 0 Å². The topological polar surface area (TPSA) is 88.6 Å². The zero-order valence-electron chi connectivity index (χ0n) is 10.7. The average molecular weight is 338 g/mol. The van der Waals surface area contributed by atoms with Crippen molar-refractivity contribution in [2.45, 2.75) is 18.7 Å². The number of anilines is 1. The van der Waals surface area contributed by atoms with Gasteiger partial charge in [-0.1, -0.05) is 13.0 Å². The number of nitrogens with zero attached hydrogens (tertiary/aromatic N) is 1. The average Bonchev–Trinajstić information content (AvgIpc) is 2.48. The van der Waals surface area contributed by atoms with Gasteiger partial charge in [-0.15, -0.1) is 0 Å². The van der Waals surface area contributed by atoms with E-state index in [0.717, 1.165) is 6.07 Å². The standard InChI is InChI=1S/C11H12ClNO5S2/c1-7-3-4-9(5-10(7)20(12,17)18)13-11(14)8(2)6-19(13,15)16/h3-5,8H,6H2,1-2H3. The molecule has 1 aliphatic heterocycles. The van der Waals surface area contributed by atoms with Gasteiger partial charge in [0.2, 0.25) is 15.9 Å². The Kier molecular flexibility index (Phi) is 3.60. The monoisotopic (exact) mass is 337 g/mol. The number of hydrogen-bond donors (Lipinski definition) is 0. The molecule has 1 saturated heterocycles. The van der Waals surface area contributed by atoms with Gasteiger partial charge in [0.25, 0.3) is 9.05 Å². The third-order valence-electron chi connectivity index (χ3n) is 3.03. The molecule has 1 aromatic rings. The van der Waals surface area contributed by atoms with Crippen molar-refractivity contribution in [3.05, 3.63) is 23.8 Å². The summed E-state index contributed by atoms with van der Waals surface area (Å²) in [6.07, 6.45) is 0. The Bertz CT molecular complexity index is 785. The second-order valence-electron chi connectivity index (χ2n) is 4.67. The van der Waals surface area contributed by atoms with Crippen LogP contribution >= 0.6 is 10.7 Å². The van der Waals surface area contributed by atoms with Crippen LogP contribution < -0.4 is 4.31 Å². The second kappa shape index (κ2) is 4.71. The van der Waals surface area contributed by atoms with Crippen LogP contribution in [0.15, 0.2) is 23.1 Å². The van der Waals surface area contributed by atoms with Gasteiger partial charge in [0.05, 0.1) is 22.3 Å². The fourth-order valence-corrected chi connectivity index (χ4v) is 5.09.